The van der Waals surface area contributed by atoms with Gasteiger partial charge in [0.1, 0.15) is 0 Å². The number of hydrogen-bond acceptors (Lipinski definition) is 4. The maximum atomic E-state index is 13.1. The van der Waals surface area contributed by atoms with Gasteiger partial charge in [-0.15, -0.1) is 0 Å². The van der Waals surface area contributed by atoms with Crippen molar-refractivity contribution in [2.45, 2.75) is 57.9 Å². The van der Waals surface area contributed by atoms with Gasteiger partial charge in [-0.2, -0.15) is 0 Å². The predicted octanol–water partition coefficient (Wildman–Crippen LogP) is 4.54. The van der Waals surface area contributed by atoms with Gasteiger partial charge in [0.05, 0.1) is 0 Å². The van der Waals surface area contributed by atoms with Crippen molar-refractivity contribution in [2.24, 2.45) is 17.8 Å². The summed E-state index contributed by atoms with van der Waals surface area (Å²) in [6.45, 7) is 3.91. The Morgan fingerprint density at radius 2 is 1.57 bits per heavy atom. The van der Waals surface area contributed by atoms with Crippen molar-refractivity contribution in [1.29, 1.82) is 0 Å². The van der Waals surface area contributed by atoms with E-state index < -0.39 is 0 Å². The summed E-state index contributed by atoms with van der Waals surface area (Å²) in [5.74, 6) is 3.08. The van der Waals surface area contributed by atoms with Crippen LogP contribution in [-0.4, -0.2) is 21.4 Å². The number of nitrogens with zero attached hydrogens (tertiary/aromatic N) is 2. The Kier molecular flexibility index (Phi) is 4.14. The van der Waals surface area contributed by atoms with Gasteiger partial charge in [-0.25, -0.2) is 9.97 Å². The van der Waals surface area contributed by atoms with Crippen LogP contribution in [0.5, 0.6) is 0 Å². The average Bonchev–Trinajstić information content (AvgIpc) is 2.59. The minimum Gasteiger partial charge on any atom is -0.347 e. The average molecular weight is 377 g/mol. The van der Waals surface area contributed by atoms with Gasteiger partial charge in [0.15, 0.2) is 0 Å². The molecule has 4 saturated carbocycles. The van der Waals surface area contributed by atoms with Crippen molar-refractivity contribution in [3.8, 4) is 0 Å². The summed E-state index contributed by atoms with van der Waals surface area (Å²) >= 11 is 0. The van der Waals surface area contributed by atoms with Gasteiger partial charge in [-0.05, 0) is 94.4 Å². The third kappa shape index (κ3) is 3.38. The van der Waals surface area contributed by atoms with Gasteiger partial charge >= 0.3 is 0 Å². The maximum absolute atomic E-state index is 13.1. The molecule has 2 aromatic rings. The molecular weight excluding hydrogens is 348 g/mol. The highest BCUT2D eigenvalue weighted by molar-refractivity contribution is 5.95. The number of anilines is 2. The zero-order valence-corrected chi connectivity index (χ0v) is 16.7. The van der Waals surface area contributed by atoms with E-state index in [1.807, 2.05) is 44.2 Å². The van der Waals surface area contributed by atoms with Crippen LogP contribution >= 0.6 is 0 Å². The van der Waals surface area contributed by atoms with Gasteiger partial charge < -0.3 is 10.6 Å². The van der Waals surface area contributed by atoms with E-state index in [9.17, 15) is 4.79 Å². The largest absolute Gasteiger partial charge is 0.347 e. The van der Waals surface area contributed by atoms with E-state index >= 15 is 0 Å². The minimum absolute atomic E-state index is 0.0338. The van der Waals surface area contributed by atoms with Gasteiger partial charge in [-0.3, -0.25) is 4.79 Å². The molecule has 0 saturated heterocycles. The van der Waals surface area contributed by atoms with Crippen LogP contribution < -0.4 is 10.6 Å². The molecule has 0 spiro atoms. The molecule has 0 atom stereocenters. The number of rotatable bonds is 4. The van der Waals surface area contributed by atoms with Crippen LogP contribution in [0.15, 0.2) is 30.3 Å². The molecule has 0 radical (unpaired) electrons. The standard InChI is InChI=1S/C23H28N4O/c1-14-6-15(2)25-22(24-14)26-20-5-3-4-19(10-20)21(28)27-23-11-16-7-17(12-23)9-18(8-16)13-23/h3-6,10,16-18H,7-9,11-13H2,1-2H3,(H,27,28)(H,24,25,26). The van der Waals surface area contributed by atoms with E-state index in [2.05, 4.69) is 20.6 Å². The van der Waals surface area contributed by atoms with Gasteiger partial charge in [0, 0.05) is 28.2 Å². The molecule has 5 heteroatoms. The molecule has 0 unspecified atom stereocenters. The van der Waals surface area contributed by atoms with Gasteiger partial charge in [0.25, 0.3) is 5.91 Å². The Hall–Kier alpha value is -2.43. The molecule has 2 N–H and O–H groups in total. The fraction of sp³-hybridized carbons (Fsp3) is 0.522. The van der Waals surface area contributed by atoms with Crippen LogP contribution in [-0.2, 0) is 0 Å². The van der Waals surface area contributed by atoms with Crippen LogP contribution in [0.25, 0.3) is 0 Å². The number of carbonyl (C=O) groups excluding carboxylic acids is 1. The number of nitrogens with one attached hydrogen (secondary N) is 2. The van der Waals surface area contributed by atoms with Gasteiger partial charge in [0.2, 0.25) is 5.95 Å². The highest BCUT2D eigenvalue weighted by Crippen LogP contribution is 2.55. The fourth-order valence-electron chi connectivity index (χ4n) is 6.23. The number of aromatic nitrogens is 2. The van der Waals surface area contributed by atoms with E-state index in [0.29, 0.717) is 11.5 Å². The monoisotopic (exact) mass is 376 g/mol. The number of hydrogen-bond donors (Lipinski definition) is 2. The Balaban J connectivity index is 1.32. The molecule has 0 aliphatic heterocycles. The van der Waals surface area contributed by atoms with Crippen LogP contribution in [0, 0.1) is 31.6 Å². The van der Waals surface area contributed by atoms with Crippen LogP contribution in [0.2, 0.25) is 0 Å². The second kappa shape index (κ2) is 6.57. The number of carbonyl (C=O) groups is 1. The summed E-state index contributed by atoms with van der Waals surface area (Å²) < 4.78 is 0. The van der Waals surface area contributed by atoms with Crippen molar-refractivity contribution in [3.05, 3.63) is 47.3 Å². The zero-order valence-electron chi connectivity index (χ0n) is 16.7. The van der Waals surface area contributed by atoms with Crippen LogP contribution in [0.4, 0.5) is 11.6 Å². The van der Waals surface area contributed by atoms with Crippen molar-refractivity contribution < 1.29 is 4.79 Å². The van der Waals surface area contributed by atoms with E-state index in [1.165, 1.54) is 38.5 Å². The molecule has 1 heterocycles. The third-order valence-corrected chi connectivity index (χ3v) is 6.78. The Morgan fingerprint density at radius 1 is 0.964 bits per heavy atom. The fourth-order valence-corrected chi connectivity index (χ4v) is 6.23. The Morgan fingerprint density at radius 3 is 2.18 bits per heavy atom. The first-order valence-corrected chi connectivity index (χ1v) is 10.5. The lowest BCUT2D eigenvalue weighted by Gasteiger charge is -2.56. The zero-order chi connectivity index (χ0) is 19.3. The number of amides is 1. The molecule has 1 amide bonds. The maximum Gasteiger partial charge on any atom is 0.251 e. The normalized spacial score (nSPS) is 30.3. The first-order valence-electron chi connectivity index (χ1n) is 10.5. The van der Waals surface area contributed by atoms with Crippen molar-refractivity contribution in [3.63, 3.8) is 0 Å². The predicted molar refractivity (Wildman–Crippen MR) is 110 cm³/mol. The molecule has 4 bridgehead atoms. The van der Waals surface area contributed by atoms with Crippen molar-refractivity contribution in [2.75, 3.05) is 5.32 Å². The van der Waals surface area contributed by atoms with Crippen molar-refractivity contribution >= 4 is 17.5 Å². The van der Waals surface area contributed by atoms with Crippen LogP contribution in [0.1, 0.15) is 60.3 Å². The quantitative estimate of drug-likeness (QED) is 0.822. The summed E-state index contributed by atoms with van der Waals surface area (Å²) in [5.41, 5.74) is 3.41. The highest BCUT2D eigenvalue weighted by Gasteiger charge is 2.51. The van der Waals surface area contributed by atoms with Gasteiger partial charge in [-0.1, -0.05) is 6.07 Å². The summed E-state index contributed by atoms with van der Waals surface area (Å²) in [6, 6.07) is 9.60. The molecule has 4 fully saturated rings. The summed E-state index contributed by atoms with van der Waals surface area (Å²) in [4.78, 5) is 21.9. The summed E-state index contributed by atoms with van der Waals surface area (Å²) in [7, 11) is 0. The van der Waals surface area contributed by atoms with Crippen molar-refractivity contribution in [1.82, 2.24) is 15.3 Å². The second-order valence-electron chi connectivity index (χ2n) is 9.33. The lowest BCUT2D eigenvalue weighted by Crippen LogP contribution is -2.59. The smallest absolute Gasteiger partial charge is 0.251 e. The molecule has 1 aromatic carbocycles. The number of benzene rings is 1. The summed E-state index contributed by atoms with van der Waals surface area (Å²) in [5, 5.41) is 6.69. The molecule has 4 aliphatic rings. The molecule has 1 aromatic heterocycles. The Bertz CT molecular complexity index is 867. The Labute approximate surface area is 166 Å². The lowest BCUT2D eigenvalue weighted by molar-refractivity contribution is -0.0167. The summed E-state index contributed by atoms with van der Waals surface area (Å²) in [6.07, 6.45) is 7.64. The van der Waals surface area contributed by atoms with E-state index in [4.69, 9.17) is 0 Å². The molecule has 4 aliphatic carbocycles. The second-order valence-corrected chi connectivity index (χ2v) is 9.33. The first kappa shape index (κ1) is 17.7. The molecule has 6 rings (SSSR count). The molecule has 28 heavy (non-hydrogen) atoms. The van der Waals surface area contributed by atoms with E-state index in [-0.39, 0.29) is 11.4 Å². The SMILES string of the molecule is Cc1cc(C)nc(Nc2cccc(C(=O)NC34CC5CC(CC(C5)C3)C4)c2)n1. The third-order valence-electron chi connectivity index (χ3n) is 6.78. The molecule has 146 valence electrons. The number of aryl methyl sites for hydroxylation is 2. The highest BCUT2D eigenvalue weighted by atomic mass is 16.1. The first-order chi connectivity index (χ1) is 13.5. The van der Waals surface area contributed by atoms with E-state index in [1.54, 1.807) is 0 Å². The topological polar surface area (TPSA) is 66.9 Å². The van der Waals surface area contributed by atoms with E-state index in [0.717, 1.165) is 34.8 Å². The lowest BCUT2D eigenvalue weighted by atomic mass is 9.53. The molecule has 5 nitrogen and oxygen atoms in total. The minimum atomic E-state index is 0.0338. The van der Waals surface area contributed by atoms with Crippen LogP contribution in [0.3, 0.4) is 0 Å². The molecular formula is C23H28N4O.